The van der Waals surface area contributed by atoms with Crippen molar-refractivity contribution in [3.05, 3.63) is 48.0 Å². The molecule has 0 aliphatic rings. The van der Waals surface area contributed by atoms with E-state index in [1.807, 2.05) is 18.2 Å². The number of carboxylic acids is 1. The molecule has 0 aliphatic heterocycles. The molecule has 0 saturated carbocycles. The van der Waals surface area contributed by atoms with Crippen LogP contribution >= 0.6 is 0 Å². The quantitative estimate of drug-likeness (QED) is 0.892. The number of aromatic nitrogens is 2. The number of aryl methyl sites for hydroxylation is 2. The summed E-state index contributed by atoms with van der Waals surface area (Å²) in [6.07, 6.45) is 3.69. The molecule has 5 nitrogen and oxygen atoms in total. The second-order valence-corrected chi connectivity index (χ2v) is 4.07. The first-order valence-corrected chi connectivity index (χ1v) is 5.91. The van der Waals surface area contributed by atoms with E-state index in [0.717, 1.165) is 5.56 Å². The van der Waals surface area contributed by atoms with Crippen LogP contribution in [-0.2, 0) is 11.2 Å². The molecule has 98 valence electrons. The van der Waals surface area contributed by atoms with Gasteiger partial charge in [0.25, 0.3) is 0 Å². The van der Waals surface area contributed by atoms with Crippen LogP contribution < -0.4 is 4.74 Å². The maximum atomic E-state index is 10.6. The molecule has 0 bridgehead atoms. The monoisotopic (exact) mass is 258 g/mol. The van der Waals surface area contributed by atoms with Gasteiger partial charge in [-0.3, -0.25) is 4.79 Å². The van der Waals surface area contributed by atoms with Gasteiger partial charge >= 0.3 is 5.97 Å². The average Bonchev–Trinajstić information content (AvgIpc) is 2.40. The smallest absolute Gasteiger partial charge is 0.303 e. The van der Waals surface area contributed by atoms with Crippen LogP contribution in [0.2, 0.25) is 0 Å². The first-order valence-electron chi connectivity index (χ1n) is 5.91. The van der Waals surface area contributed by atoms with Crippen molar-refractivity contribution in [2.75, 3.05) is 0 Å². The van der Waals surface area contributed by atoms with Gasteiger partial charge in [-0.1, -0.05) is 18.2 Å². The Bertz CT molecular complexity index is 567. The van der Waals surface area contributed by atoms with Crippen molar-refractivity contribution in [2.45, 2.75) is 19.8 Å². The van der Waals surface area contributed by atoms with Crippen LogP contribution in [-0.4, -0.2) is 21.0 Å². The zero-order valence-electron chi connectivity index (χ0n) is 10.5. The summed E-state index contributed by atoms with van der Waals surface area (Å²) in [6.45, 7) is 1.80. The molecule has 1 aromatic carbocycles. The number of carboxylic acid groups (broad SMARTS) is 1. The third-order valence-electron chi connectivity index (χ3n) is 2.57. The lowest BCUT2D eigenvalue weighted by Crippen LogP contribution is -1.99. The van der Waals surface area contributed by atoms with Crippen LogP contribution in [0.3, 0.4) is 0 Å². The zero-order chi connectivity index (χ0) is 13.7. The molecule has 1 aromatic heterocycles. The Balaban J connectivity index is 2.15. The molecule has 0 radical (unpaired) electrons. The summed E-state index contributed by atoms with van der Waals surface area (Å²) in [7, 11) is 0. The number of benzene rings is 1. The van der Waals surface area contributed by atoms with Crippen LogP contribution in [0.15, 0.2) is 36.7 Å². The Morgan fingerprint density at radius 3 is 2.63 bits per heavy atom. The number of para-hydroxylation sites is 1. The van der Waals surface area contributed by atoms with Crippen molar-refractivity contribution >= 4 is 5.97 Å². The Hall–Kier alpha value is -2.43. The zero-order valence-corrected chi connectivity index (χ0v) is 10.5. The molecule has 2 aromatic rings. The molecule has 0 amide bonds. The molecular weight excluding hydrogens is 244 g/mol. The summed E-state index contributed by atoms with van der Waals surface area (Å²) < 4.78 is 5.68. The summed E-state index contributed by atoms with van der Waals surface area (Å²) in [4.78, 5) is 18.7. The lowest BCUT2D eigenvalue weighted by Gasteiger charge is -2.09. The fourth-order valence-corrected chi connectivity index (χ4v) is 1.61. The Kier molecular flexibility index (Phi) is 4.07. The number of nitrogens with zero attached hydrogens (tertiary/aromatic N) is 2. The van der Waals surface area contributed by atoms with Crippen molar-refractivity contribution in [3.63, 3.8) is 0 Å². The molecule has 1 heterocycles. The van der Waals surface area contributed by atoms with Crippen LogP contribution in [0.4, 0.5) is 0 Å². The van der Waals surface area contributed by atoms with E-state index in [1.165, 1.54) is 0 Å². The van der Waals surface area contributed by atoms with Gasteiger partial charge in [-0.25, -0.2) is 9.97 Å². The second kappa shape index (κ2) is 5.95. The van der Waals surface area contributed by atoms with Crippen LogP contribution in [0.5, 0.6) is 11.5 Å². The van der Waals surface area contributed by atoms with E-state index in [2.05, 4.69) is 9.97 Å². The van der Waals surface area contributed by atoms with Gasteiger partial charge in [0.15, 0.2) is 5.75 Å². The van der Waals surface area contributed by atoms with Crippen molar-refractivity contribution in [1.82, 2.24) is 9.97 Å². The highest BCUT2D eigenvalue weighted by atomic mass is 16.5. The molecular formula is C14H14N2O3. The normalized spacial score (nSPS) is 10.2. The lowest BCUT2D eigenvalue weighted by atomic mass is 10.1. The van der Waals surface area contributed by atoms with E-state index < -0.39 is 5.97 Å². The van der Waals surface area contributed by atoms with Gasteiger partial charge in [0.1, 0.15) is 11.6 Å². The fourth-order valence-electron chi connectivity index (χ4n) is 1.61. The molecule has 0 fully saturated rings. The van der Waals surface area contributed by atoms with E-state index >= 15 is 0 Å². The Morgan fingerprint density at radius 2 is 1.95 bits per heavy atom. The first kappa shape index (κ1) is 13.0. The predicted octanol–water partition coefficient (Wildman–Crippen LogP) is 2.59. The minimum atomic E-state index is -0.825. The third kappa shape index (κ3) is 3.77. The van der Waals surface area contributed by atoms with Crippen molar-refractivity contribution in [2.24, 2.45) is 0 Å². The standard InChI is InChI=1S/C14H14N2O3/c1-10-15-8-12(9-16-10)19-13-5-3-2-4-11(13)6-7-14(17)18/h2-5,8-9H,6-7H2,1H3,(H,17,18). The van der Waals surface area contributed by atoms with Crippen LogP contribution in [0.1, 0.15) is 17.8 Å². The fraction of sp³-hybridized carbons (Fsp3) is 0.214. The molecule has 0 saturated heterocycles. The van der Waals surface area contributed by atoms with Gasteiger partial charge in [-0.2, -0.15) is 0 Å². The molecule has 5 heteroatoms. The average molecular weight is 258 g/mol. The molecule has 0 spiro atoms. The summed E-state index contributed by atoms with van der Waals surface area (Å²) in [5.74, 6) is 1.02. The number of carbonyl (C=O) groups is 1. The molecule has 0 unspecified atom stereocenters. The second-order valence-electron chi connectivity index (χ2n) is 4.07. The van der Waals surface area contributed by atoms with E-state index in [1.54, 1.807) is 25.4 Å². The topological polar surface area (TPSA) is 72.3 Å². The van der Waals surface area contributed by atoms with Crippen molar-refractivity contribution in [1.29, 1.82) is 0 Å². The largest absolute Gasteiger partial charge is 0.481 e. The van der Waals surface area contributed by atoms with Gasteiger partial charge in [-0.05, 0) is 25.0 Å². The van der Waals surface area contributed by atoms with E-state index in [-0.39, 0.29) is 6.42 Å². The van der Waals surface area contributed by atoms with E-state index in [9.17, 15) is 4.79 Å². The van der Waals surface area contributed by atoms with Gasteiger partial charge in [0.2, 0.25) is 0 Å². The number of ether oxygens (including phenoxy) is 1. The molecule has 19 heavy (non-hydrogen) atoms. The number of hydrogen-bond acceptors (Lipinski definition) is 4. The lowest BCUT2D eigenvalue weighted by molar-refractivity contribution is -0.136. The van der Waals surface area contributed by atoms with E-state index in [4.69, 9.17) is 9.84 Å². The van der Waals surface area contributed by atoms with E-state index in [0.29, 0.717) is 23.7 Å². The molecule has 2 rings (SSSR count). The van der Waals surface area contributed by atoms with Crippen LogP contribution in [0.25, 0.3) is 0 Å². The highest BCUT2D eigenvalue weighted by molar-refractivity contribution is 5.67. The predicted molar refractivity (Wildman–Crippen MR) is 69.2 cm³/mol. The molecule has 0 atom stereocenters. The highest BCUT2D eigenvalue weighted by Gasteiger charge is 2.07. The molecule has 0 aliphatic carbocycles. The Morgan fingerprint density at radius 1 is 1.26 bits per heavy atom. The van der Waals surface area contributed by atoms with Gasteiger partial charge in [0.05, 0.1) is 12.4 Å². The third-order valence-corrected chi connectivity index (χ3v) is 2.57. The highest BCUT2D eigenvalue weighted by Crippen LogP contribution is 2.25. The summed E-state index contributed by atoms with van der Waals surface area (Å²) in [6, 6.07) is 7.36. The molecule has 1 N–H and O–H groups in total. The SMILES string of the molecule is Cc1ncc(Oc2ccccc2CCC(=O)O)cn1. The maximum Gasteiger partial charge on any atom is 0.303 e. The van der Waals surface area contributed by atoms with Gasteiger partial charge < -0.3 is 9.84 Å². The van der Waals surface area contributed by atoms with Crippen molar-refractivity contribution in [3.8, 4) is 11.5 Å². The number of aliphatic carboxylic acids is 1. The van der Waals surface area contributed by atoms with Crippen molar-refractivity contribution < 1.29 is 14.6 Å². The minimum absolute atomic E-state index is 0.0742. The summed E-state index contributed by atoms with van der Waals surface area (Å²) in [5, 5.41) is 8.73. The van der Waals surface area contributed by atoms with Gasteiger partial charge in [-0.15, -0.1) is 0 Å². The van der Waals surface area contributed by atoms with Crippen LogP contribution in [0, 0.1) is 6.92 Å². The van der Waals surface area contributed by atoms with Gasteiger partial charge in [0, 0.05) is 6.42 Å². The number of hydrogen-bond donors (Lipinski definition) is 1. The maximum absolute atomic E-state index is 10.6. The Labute approximate surface area is 110 Å². The summed E-state index contributed by atoms with van der Waals surface area (Å²) in [5.41, 5.74) is 0.852. The number of rotatable bonds is 5. The summed E-state index contributed by atoms with van der Waals surface area (Å²) >= 11 is 0. The minimum Gasteiger partial charge on any atom is -0.481 e. The first-order chi connectivity index (χ1) is 9.15.